The lowest BCUT2D eigenvalue weighted by atomic mass is 9.83. The molecule has 0 amide bonds. The van der Waals surface area contributed by atoms with E-state index in [0.29, 0.717) is 12.2 Å². The third-order valence-electron chi connectivity index (χ3n) is 5.54. The second-order valence-corrected chi connectivity index (χ2v) is 6.49. The Hall–Kier alpha value is 0.170. The molecule has 4 heteroatoms. The Labute approximate surface area is 116 Å². The van der Waals surface area contributed by atoms with E-state index in [1.165, 1.54) is 65.0 Å². The van der Waals surface area contributed by atoms with Crippen LogP contribution < -0.4 is 0 Å². The van der Waals surface area contributed by atoms with Crippen LogP contribution >= 0.6 is 12.4 Å². The van der Waals surface area contributed by atoms with Crippen molar-refractivity contribution < 1.29 is 4.74 Å². The van der Waals surface area contributed by atoms with Gasteiger partial charge in [-0.05, 0) is 63.7 Å². The van der Waals surface area contributed by atoms with Crippen molar-refractivity contribution in [2.24, 2.45) is 11.8 Å². The third kappa shape index (κ3) is 2.31. The van der Waals surface area contributed by atoms with Crippen LogP contribution in [0.25, 0.3) is 0 Å². The van der Waals surface area contributed by atoms with Gasteiger partial charge >= 0.3 is 0 Å². The summed E-state index contributed by atoms with van der Waals surface area (Å²) in [6, 6.07) is 0. The van der Waals surface area contributed by atoms with Gasteiger partial charge in [0.1, 0.15) is 0 Å². The predicted octanol–water partition coefficient (Wildman–Crippen LogP) is 1.61. The van der Waals surface area contributed by atoms with Crippen molar-refractivity contribution in [3.05, 3.63) is 0 Å². The molecule has 6 aliphatic rings. The lowest BCUT2D eigenvalue weighted by Crippen LogP contribution is -2.57. The van der Waals surface area contributed by atoms with E-state index in [1.807, 2.05) is 0 Å². The van der Waals surface area contributed by atoms with Gasteiger partial charge in [-0.1, -0.05) is 0 Å². The van der Waals surface area contributed by atoms with Gasteiger partial charge in [0.25, 0.3) is 0 Å². The number of halogens is 1. The van der Waals surface area contributed by atoms with Crippen LogP contribution in [0, 0.1) is 11.8 Å². The van der Waals surface area contributed by atoms with E-state index < -0.39 is 0 Å². The molecule has 0 spiro atoms. The second-order valence-electron chi connectivity index (χ2n) is 6.49. The maximum atomic E-state index is 6.52. The maximum Gasteiger partial charge on any atom is 0.0735 e. The minimum absolute atomic E-state index is 0. The molecule has 0 aliphatic carbocycles. The lowest BCUT2D eigenvalue weighted by molar-refractivity contribution is -0.149. The Kier molecular flexibility index (Phi) is 3.86. The Morgan fingerprint density at radius 1 is 0.667 bits per heavy atom. The highest BCUT2D eigenvalue weighted by Crippen LogP contribution is 2.35. The first-order chi connectivity index (χ1) is 8.38. The van der Waals surface area contributed by atoms with Crippen LogP contribution in [-0.4, -0.2) is 61.3 Å². The summed E-state index contributed by atoms with van der Waals surface area (Å²) in [5.41, 5.74) is 0. The maximum absolute atomic E-state index is 6.52. The number of rotatable bonds is 2. The van der Waals surface area contributed by atoms with Crippen molar-refractivity contribution in [2.75, 3.05) is 39.3 Å². The van der Waals surface area contributed by atoms with Crippen molar-refractivity contribution in [3.8, 4) is 0 Å². The molecule has 3 nitrogen and oxygen atoms in total. The molecule has 6 fully saturated rings. The van der Waals surface area contributed by atoms with Crippen LogP contribution in [0.2, 0.25) is 0 Å². The van der Waals surface area contributed by atoms with E-state index >= 15 is 0 Å². The average molecular weight is 273 g/mol. The van der Waals surface area contributed by atoms with Gasteiger partial charge in [0, 0.05) is 13.1 Å². The van der Waals surface area contributed by atoms with Crippen LogP contribution in [0.15, 0.2) is 0 Å². The molecule has 104 valence electrons. The van der Waals surface area contributed by atoms with Gasteiger partial charge in [0.05, 0.1) is 12.2 Å². The van der Waals surface area contributed by atoms with Gasteiger partial charge < -0.3 is 14.5 Å². The normalized spacial score (nSPS) is 50.0. The minimum atomic E-state index is 0. The molecule has 0 aromatic carbocycles. The van der Waals surface area contributed by atoms with E-state index in [-0.39, 0.29) is 12.4 Å². The number of piperidine rings is 6. The number of ether oxygens (including phenoxy) is 1. The average Bonchev–Trinajstić information content (AvgIpc) is 2.41. The molecule has 0 aromatic rings. The fourth-order valence-electron chi connectivity index (χ4n) is 4.35. The monoisotopic (exact) mass is 272 g/mol. The summed E-state index contributed by atoms with van der Waals surface area (Å²) in [6.45, 7) is 7.73. The molecule has 4 bridgehead atoms. The van der Waals surface area contributed by atoms with Crippen molar-refractivity contribution >= 4 is 12.4 Å². The van der Waals surface area contributed by atoms with Gasteiger partial charge in [-0.15, -0.1) is 12.4 Å². The minimum Gasteiger partial charge on any atom is -0.372 e. The predicted molar refractivity (Wildman–Crippen MR) is 74.2 cm³/mol. The first kappa shape index (κ1) is 13.2. The van der Waals surface area contributed by atoms with Crippen molar-refractivity contribution in [1.82, 2.24) is 9.80 Å². The zero-order valence-electron chi connectivity index (χ0n) is 11.1. The number of nitrogens with zero attached hydrogens (tertiary/aromatic N) is 2. The van der Waals surface area contributed by atoms with Gasteiger partial charge in [-0.2, -0.15) is 0 Å². The summed E-state index contributed by atoms with van der Waals surface area (Å²) < 4.78 is 6.52. The smallest absolute Gasteiger partial charge is 0.0735 e. The fraction of sp³-hybridized carbons (Fsp3) is 1.00. The molecule has 0 N–H and O–H groups in total. The molecule has 18 heavy (non-hydrogen) atoms. The summed E-state index contributed by atoms with van der Waals surface area (Å²) in [6.07, 6.45) is 6.64. The fourth-order valence-corrected chi connectivity index (χ4v) is 4.35. The summed E-state index contributed by atoms with van der Waals surface area (Å²) in [4.78, 5) is 5.21. The highest BCUT2D eigenvalue weighted by atomic mass is 35.5. The van der Waals surface area contributed by atoms with E-state index in [2.05, 4.69) is 9.80 Å². The standard InChI is InChI=1S/C14H24N2O.ClH/c1-5-15-6-2-11(1)13(9-15)17-14-10-16-7-3-12(14)4-8-16;/h11-14H,1-10H2;1H. The highest BCUT2D eigenvalue weighted by molar-refractivity contribution is 5.85. The largest absolute Gasteiger partial charge is 0.372 e. The molecule has 6 saturated heterocycles. The van der Waals surface area contributed by atoms with Crippen LogP contribution in [0.5, 0.6) is 0 Å². The Balaban J connectivity index is 0.000001000. The molecule has 0 saturated carbocycles. The van der Waals surface area contributed by atoms with Crippen LogP contribution in [-0.2, 0) is 4.74 Å². The van der Waals surface area contributed by atoms with E-state index in [4.69, 9.17) is 4.74 Å². The second kappa shape index (κ2) is 5.28. The molecule has 2 atom stereocenters. The molecular formula is C14H25ClN2O. The Bertz CT molecular complexity index is 258. The van der Waals surface area contributed by atoms with Crippen LogP contribution in [0.1, 0.15) is 25.7 Å². The number of hydrogen-bond donors (Lipinski definition) is 0. The topological polar surface area (TPSA) is 15.7 Å². The van der Waals surface area contributed by atoms with E-state index in [1.54, 1.807) is 0 Å². The first-order valence-electron chi connectivity index (χ1n) is 7.48. The highest BCUT2D eigenvalue weighted by Gasteiger charge is 2.40. The quantitative estimate of drug-likeness (QED) is 0.760. The first-order valence-corrected chi connectivity index (χ1v) is 7.48. The zero-order valence-corrected chi connectivity index (χ0v) is 11.9. The summed E-state index contributed by atoms with van der Waals surface area (Å²) in [5.74, 6) is 1.74. The van der Waals surface area contributed by atoms with E-state index in [0.717, 1.165) is 11.8 Å². The van der Waals surface area contributed by atoms with Crippen molar-refractivity contribution in [2.45, 2.75) is 37.9 Å². The SMILES string of the molecule is C1CN2CCC1C(OC1CN3CCC1CC3)C2.Cl. The van der Waals surface area contributed by atoms with Gasteiger partial charge in [-0.3, -0.25) is 0 Å². The van der Waals surface area contributed by atoms with Gasteiger partial charge in [0.15, 0.2) is 0 Å². The van der Waals surface area contributed by atoms with Gasteiger partial charge in [0.2, 0.25) is 0 Å². The number of fused-ring (bicyclic) bond motifs is 6. The third-order valence-corrected chi connectivity index (χ3v) is 5.54. The van der Waals surface area contributed by atoms with Crippen LogP contribution in [0.3, 0.4) is 0 Å². The molecule has 2 unspecified atom stereocenters. The molecule has 6 aliphatic heterocycles. The Morgan fingerprint density at radius 3 is 1.33 bits per heavy atom. The molecule has 6 rings (SSSR count). The lowest BCUT2D eigenvalue weighted by Gasteiger charge is -2.50. The zero-order chi connectivity index (χ0) is 11.2. The molecular weight excluding hydrogens is 248 g/mol. The van der Waals surface area contributed by atoms with E-state index in [9.17, 15) is 0 Å². The molecule has 0 radical (unpaired) electrons. The summed E-state index contributed by atoms with van der Waals surface area (Å²) >= 11 is 0. The molecule has 0 aromatic heterocycles. The summed E-state index contributed by atoms with van der Waals surface area (Å²) in [5, 5.41) is 0. The van der Waals surface area contributed by atoms with Crippen molar-refractivity contribution in [1.29, 1.82) is 0 Å². The van der Waals surface area contributed by atoms with Crippen molar-refractivity contribution in [3.63, 3.8) is 0 Å². The van der Waals surface area contributed by atoms with Gasteiger partial charge in [-0.25, -0.2) is 0 Å². The molecule has 6 heterocycles. The number of hydrogen-bond acceptors (Lipinski definition) is 3. The Morgan fingerprint density at radius 2 is 1.06 bits per heavy atom. The van der Waals surface area contributed by atoms with Crippen LogP contribution in [0.4, 0.5) is 0 Å². The summed E-state index contributed by atoms with van der Waals surface area (Å²) in [7, 11) is 0.